The van der Waals surface area contributed by atoms with E-state index in [0.717, 1.165) is 9.99 Å². The van der Waals surface area contributed by atoms with Crippen LogP contribution in [0.2, 0.25) is 0 Å². The number of hydrogen-bond donors (Lipinski definition) is 2. The summed E-state index contributed by atoms with van der Waals surface area (Å²) in [6.45, 7) is 1.52. The van der Waals surface area contributed by atoms with Crippen molar-refractivity contribution in [1.82, 2.24) is 5.32 Å². The van der Waals surface area contributed by atoms with Crippen LogP contribution in [0.3, 0.4) is 0 Å². The van der Waals surface area contributed by atoms with E-state index in [0.29, 0.717) is 25.3 Å². The molecule has 0 aliphatic carbocycles. The normalized spacial score (nSPS) is 10.2. The third-order valence-corrected chi connectivity index (χ3v) is 2.74. The van der Waals surface area contributed by atoms with Gasteiger partial charge in [0.05, 0.1) is 13.2 Å². The van der Waals surface area contributed by atoms with Crippen LogP contribution in [0.4, 0.5) is 0 Å². The summed E-state index contributed by atoms with van der Waals surface area (Å²) in [7, 11) is 0. The van der Waals surface area contributed by atoms with Crippen molar-refractivity contribution in [2.75, 3.05) is 26.4 Å². The largest absolute Gasteiger partial charge is 0.394 e. The number of aliphatic hydroxyl groups is 1. The first kappa shape index (κ1) is 14.4. The number of hydrogen-bond acceptors (Lipinski definition) is 3. The predicted molar refractivity (Wildman–Crippen MR) is 74.0 cm³/mol. The van der Waals surface area contributed by atoms with E-state index in [9.17, 15) is 4.79 Å². The van der Waals surface area contributed by atoms with Crippen molar-refractivity contribution < 1.29 is 14.6 Å². The lowest BCUT2D eigenvalue weighted by atomic mass is 10.2. The smallest absolute Gasteiger partial charge is 0.251 e. The number of aliphatic hydroxyl groups excluding tert-OH is 1. The highest BCUT2D eigenvalue weighted by Gasteiger charge is 2.04. The number of halogens is 1. The Bertz CT molecular complexity index is 357. The van der Waals surface area contributed by atoms with Crippen molar-refractivity contribution in [3.63, 3.8) is 0 Å². The Morgan fingerprint density at radius 1 is 1.41 bits per heavy atom. The number of amides is 1. The molecule has 2 N–H and O–H groups in total. The standard InChI is InChI=1S/C12H16INO3/c13-11-4-1-3-10(9-11)12(16)14-5-2-7-17-8-6-15/h1,3-4,9,15H,2,5-8H2,(H,14,16). The predicted octanol–water partition coefficient (Wildman–Crippen LogP) is 1.42. The van der Waals surface area contributed by atoms with E-state index in [2.05, 4.69) is 27.9 Å². The van der Waals surface area contributed by atoms with Gasteiger partial charge in [0, 0.05) is 22.3 Å². The van der Waals surface area contributed by atoms with Gasteiger partial charge in [-0.3, -0.25) is 4.79 Å². The lowest BCUT2D eigenvalue weighted by Crippen LogP contribution is -2.25. The van der Waals surface area contributed by atoms with Gasteiger partial charge in [-0.25, -0.2) is 0 Å². The second kappa shape index (κ2) is 8.43. The Morgan fingerprint density at radius 2 is 2.24 bits per heavy atom. The van der Waals surface area contributed by atoms with E-state index < -0.39 is 0 Å². The average molecular weight is 349 g/mol. The summed E-state index contributed by atoms with van der Waals surface area (Å²) < 4.78 is 6.13. The molecule has 0 spiro atoms. The molecule has 1 amide bonds. The molecule has 0 atom stereocenters. The Hall–Kier alpha value is -0.660. The SMILES string of the molecule is O=C(NCCCOCCO)c1cccc(I)c1. The maximum atomic E-state index is 11.7. The van der Waals surface area contributed by atoms with Crippen LogP contribution in [0.1, 0.15) is 16.8 Å². The van der Waals surface area contributed by atoms with Crippen LogP contribution in [-0.2, 0) is 4.74 Å². The third kappa shape index (κ3) is 5.99. The van der Waals surface area contributed by atoms with Gasteiger partial charge in [0.1, 0.15) is 0 Å². The van der Waals surface area contributed by atoms with Crippen LogP contribution < -0.4 is 5.32 Å². The molecule has 0 saturated carbocycles. The molecule has 0 aliphatic heterocycles. The fourth-order valence-corrected chi connectivity index (χ4v) is 1.82. The van der Waals surface area contributed by atoms with Crippen LogP contribution in [0.15, 0.2) is 24.3 Å². The highest BCUT2D eigenvalue weighted by atomic mass is 127. The lowest BCUT2D eigenvalue weighted by Gasteiger charge is -2.05. The van der Waals surface area contributed by atoms with Crippen molar-refractivity contribution in [3.05, 3.63) is 33.4 Å². The minimum Gasteiger partial charge on any atom is -0.394 e. The first-order valence-electron chi connectivity index (χ1n) is 5.46. The summed E-state index contributed by atoms with van der Waals surface area (Å²) in [4.78, 5) is 11.7. The summed E-state index contributed by atoms with van der Waals surface area (Å²) in [6.07, 6.45) is 0.746. The minimum absolute atomic E-state index is 0.0365. The van der Waals surface area contributed by atoms with Gasteiger partial charge in [-0.1, -0.05) is 6.07 Å². The molecule has 0 unspecified atom stereocenters. The van der Waals surface area contributed by atoms with Crippen LogP contribution >= 0.6 is 22.6 Å². The summed E-state index contributed by atoms with van der Waals surface area (Å²) >= 11 is 2.18. The number of carbonyl (C=O) groups excluding carboxylic acids is 1. The summed E-state index contributed by atoms with van der Waals surface area (Å²) in [5.74, 6) is -0.0642. The van der Waals surface area contributed by atoms with Crippen LogP contribution in [-0.4, -0.2) is 37.4 Å². The first-order chi connectivity index (χ1) is 8.24. The minimum atomic E-state index is -0.0642. The molecular formula is C12H16INO3. The monoisotopic (exact) mass is 349 g/mol. The van der Waals surface area contributed by atoms with Gasteiger partial charge in [-0.2, -0.15) is 0 Å². The van der Waals surface area contributed by atoms with Gasteiger partial charge in [0.25, 0.3) is 5.91 Å². The number of carbonyl (C=O) groups is 1. The molecule has 4 nitrogen and oxygen atoms in total. The van der Waals surface area contributed by atoms with E-state index in [1.165, 1.54) is 0 Å². The number of ether oxygens (including phenoxy) is 1. The van der Waals surface area contributed by atoms with Gasteiger partial charge in [0.15, 0.2) is 0 Å². The second-order valence-electron chi connectivity index (χ2n) is 3.46. The summed E-state index contributed by atoms with van der Waals surface area (Å²) in [5.41, 5.74) is 0.674. The van der Waals surface area contributed by atoms with Gasteiger partial charge in [0.2, 0.25) is 0 Å². The molecule has 1 rings (SSSR count). The molecule has 1 aromatic rings. The topological polar surface area (TPSA) is 58.6 Å². The Balaban J connectivity index is 2.21. The fourth-order valence-electron chi connectivity index (χ4n) is 1.27. The molecular weight excluding hydrogens is 333 g/mol. The van der Waals surface area contributed by atoms with E-state index in [1.807, 2.05) is 18.2 Å². The zero-order valence-electron chi connectivity index (χ0n) is 9.49. The Labute approximate surface area is 115 Å². The molecule has 0 radical (unpaired) electrons. The maximum absolute atomic E-state index is 11.7. The maximum Gasteiger partial charge on any atom is 0.251 e. The Kier molecular flexibility index (Phi) is 7.14. The molecule has 94 valence electrons. The summed E-state index contributed by atoms with van der Waals surface area (Å²) in [6, 6.07) is 7.44. The van der Waals surface area contributed by atoms with E-state index >= 15 is 0 Å². The van der Waals surface area contributed by atoms with Gasteiger partial charge in [-0.05, 0) is 47.2 Å². The van der Waals surface area contributed by atoms with Crippen LogP contribution in [0, 0.1) is 3.57 Å². The average Bonchev–Trinajstić information content (AvgIpc) is 2.33. The van der Waals surface area contributed by atoms with Crippen molar-refractivity contribution in [2.45, 2.75) is 6.42 Å². The van der Waals surface area contributed by atoms with Crippen molar-refractivity contribution in [2.24, 2.45) is 0 Å². The highest BCUT2D eigenvalue weighted by molar-refractivity contribution is 14.1. The van der Waals surface area contributed by atoms with Gasteiger partial charge in [-0.15, -0.1) is 0 Å². The zero-order chi connectivity index (χ0) is 12.5. The fraction of sp³-hybridized carbons (Fsp3) is 0.417. The molecule has 0 heterocycles. The van der Waals surface area contributed by atoms with Crippen molar-refractivity contribution >= 4 is 28.5 Å². The van der Waals surface area contributed by atoms with Gasteiger partial charge >= 0.3 is 0 Å². The molecule has 0 saturated heterocycles. The lowest BCUT2D eigenvalue weighted by molar-refractivity contribution is 0.0867. The molecule has 0 aliphatic rings. The molecule has 0 fully saturated rings. The molecule has 1 aromatic carbocycles. The second-order valence-corrected chi connectivity index (χ2v) is 4.70. The summed E-state index contributed by atoms with van der Waals surface area (Å²) in [5, 5.41) is 11.3. The Morgan fingerprint density at radius 3 is 2.94 bits per heavy atom. The third-order valence-electron chi connectivity index (χ3n) is 2.07. The van der Waals surface area contributed by atoms with Crippen molar-refractivity contribution in [1.29, 1.82) is 0 Å². The van der Waals surface area contributed by atoms with E-state index in [-0.39, 0.29) is 12.5 Å². The van der Waals surface area contributed by atoms with Crippen LogP contribution in [0.25, 0.3) is 0 Å². The highest BCUT2D eigenvalue weighted by Crippen LogP contribution is 2.07. The number of benzene rings is 1. The van der Waals surface area contributed by atoms with Gasteiger partial charge < -0.3 is 15.2 Å². The number of nitrogens with one attached hydrogen (secondary N) is 1. The zero-order valence-corrected chi connectivity index (χ0v) is 11.6. The van der Waals surface area contributed by atoms with Crippen LogP contribution in [0.5, 0.6) is 0 Å². The molecule has 0 aromatic heterocycles. The first-order valence-corrected chi connectivity index (χ1v) is 6.54. The molecule has 5 heteroatoms. The number of rotatable bonds is 7. The molecule has 0 bridgehead atoms. The molecule has 17 heavy (non-hydrogen) atoms. The van der Waals surface area contributed by atoms with E-state index in [4.69, 9.17) is 9.84 Å². The van der Waals surface area contributed by atoms with E-state index in [1.54, 1.807) is 6.07 Å². The quantitative estimate of drug-likeness (QED) is 0.578. The van der Waals surface area contributed by atoms with Crippen molar-refractivity contribution in [3.8, 4) is 0 Å².